The third kappa shape index (κ3) is 5.10. The van der Waals surface area contributed by atoms with Crippen LogP contribution in [0, 0.1) is 5.82 Å². The van der Waals surface area contributed by atoms with E-state index in [2.05, 4.69) is 36.1 Å². The van der Waals surface area contributed by atoms with Crippen LogP contribution in [0.25, 0.3) is 0 Å². The Bertz CT molecular complexity index is 326. The first-order chi connectivity index (χ1) is 8.67. The molecule has 0 saturated carbocycles. The zero-order valence-corrected chi connectivity index (χ0v) is 11.6. The Balaban J connectivity index is 2.62. The molecule has 0 amide bonds. The topological polar surface area (TPSA) is 28.2 Å². The Hall–Kier alpha value is -1.00. The second-order valence-corrected chi connectivity index (χ2v) is 4.59. The van der Waals surface area contributed by atoms with E-state index in [0.717, 1.165) is 38.2 Å². The minimum Gasteiger partial charge on any atom is -0.309 e. The zero-order valence-electron chi connectivity index (χ0n) is 11.6. The van der Waals surface area contributed by atoms with Crippen molar-refractivity contribution in [2.24, 2.45) is 0 Å². The van der Waals surface area contributed by atoms with Crippen molar-refractivity contribution >= 4 is 0 Å². The number of rotatable bonds is 8. The van der Waals surface area contributed by atoms with E-state index in [9.17, 15) is 4.39 Å². The van der Waals surface area contributed by atoms with Gasteiger partial charge in [0.05, 0.1) is 17.9 Å². The van der Waals surface area contributed by atoms with Crippen LogP contribution in [0.15, 0.2) is 18.3 Å². The highest BCUT2D eigenvalue weighted by atomic mass is 19.1. The van der Waals surface area contributed by atoms with Crippen LogP contribution in [0.5, 0.6) is 0 Å². The van der Waals surface area contributed by atoms with Crippen molar-refractivity contribution in [1.82, 2.24) is 15.2 Å². The first-order valence-corrected chi connectivity index (χ1v) is 6.70. The smallest absolute Gasteiger partial charge is 0.141 e. The second kappa shape index (κ2) is 8.16. The normalized spacial score (nSPS) is 12.9. The summed E-state index contributed by atoms with van der Waals surface area (Å²) in [5.74, 6) is -0.279. The van der Waals surface area contributed by atoms with Gasteiger partial charge in [-0.15, -0.1) is 0 Å². The van der Waals surface area contributed by atoms with Crippen LogP contribution in [-0.4, -0.2) is 36.6 Å². The van der Waals surface area contributed by atoms with Crippen LogP contribution in [0.3, 0.4) is 0 Å². The Kier molecular flexibility index (Phi) is 6.83. The molecular weight excluding hydrogens is 229 g/mol. The van der Waals surface area contributed by atoms with E-state index in [0.29, 0.717) is 0 Å². The summed E-state index contributed by atoms with van der Waals surface area (Å²) in [6.45, 7) is 7.29. The lowest BCUT2D eigenvalue weighted by molar-refractivity contribution is 0.319. The Morgan fingerprint density at radius 1 is 1.39 bits per heavy atom. The van der Waals surface area contributed by atoms with Crippen molar-refractivity contribution in [2.45, 2.75) is 32.7 Å². The van der Waals surface area contributed by atoms with Crippen molar-refractivity contribution in [3.05, 3.63) is 29.8 Å². The van der Waals surface area contributed by atoms with Crippen LogP contribution < -0.4 is 5.32 Å². The van der Waals surface area contributed by atoms with Gasteiger partial charge in [-0.25, -0.2) is 4.39 Å². The first kappa shape index (κ1) is 15.1. The molecule has 3 nitrogen and oxygen atoms in total. The molecule has 1 heterocycles. The third-order valence-electron chi connectivity index (χ3n) is 3.09. The third-order valence-corrected chi connectivity index (χ3v) is 3.09. The highest BCUT2D eigenvalue weighted by molar-refractivity contribution is 5.10. The van der Waals surface area contributed by atoms with Crippen molar-refractivity contribution in [2.75, 3.05) is 26.7 Å². The summed E-state index contributed by atoms with van der Waals surface area (Å²) in [7, 11) is 2.11. The summed E-state index contributed by atoms with van der Waals surface area (Å²) in [5, 5.41) is 3.47. The zero-order chi connectivity index (χ0) is 13.4. The molecule has 0 fully saturated rings. The van der Waals surface area contributed by atoms with Gasteiger partial charge >= 0.3 is 0 Å². The standard InChI is InChI=1S/C14H24FN3/c1-4-9-16-14(8-10-18(3)5-2)13-7-6-12(15)11-17-13/h6-7,11,14,16H,4-5,8-10H2,1-3H3. The van der Waals surface area contributed by atoms with E-state index in [1.54, 1.807) is 6.07 Å². The molecule has 1 unspecified atom stereocenters. The van der Waals surface area contributed by atoms with Gasteiger partial charge in [0.2, 0.25) is 0 Å². The lowest BCUT2D eigenvalue weighted by Crippen LogP contribution is -2.28. The summed E-state index contributed by atoms with van der Waals surface area (Å²) in [4.78, 5) is 6.45. The van der Waals surface area contributed by atoms with Gasteiger partial charge in [-0.3, -0.25) is 4.98 Å². The van der Waals surface area contributed by atoms with E-state index >= 15 is 0 Å². The molecule has 0 saturated heterocycles. The lowest BCUT2D eigenvalue weighted by atomic mass is 10.1. The van der Waals surface area contributed by atoms with Gasteiger partial charge < -0.3 is 10.2 Å². The largest absolute Gasteiger partial charge is 0.309 e. The number of aromatic nitrogens is 1. The van der Waals surface area contributed by atoms with Crippen LogP contribution in [0.4, 0.5) is 4.39 Å². The first-order valence-electron chi connectivity index (χ1n) is 6.70. The van der Waals surface area contributed by atoms with E-state index in [1.165, 1.54) is 12.3 Å². The van der Waals surface area contributed by atoms with Crippen molar-refractivity contribution in [1.29, 1.82) is 0 Å². The summed E-state index contributed by atoms with van der Waals surface area (Å²) in [5.41, 5.74) is 0.925. The van der Waals surface area contributed by atoms with E-state index in [4.69, 9.17) is 0 Å². The van der Waals surface area contributed by atoms with Gasteiger partial charge in [-0.1, -0.05) is 13.8 Å². The van der Waals surface area contributed by atoms with Gasteiger partial charge in [0, 0.05) is 0 Å². The summed E-state index contributed by atoms with van der Waals surface area (Å²) in [6, 6.07) is 3.46. The van der Waals surface area contributed by atoms with Crippen LogP contribution in [0.1, 0.15) is 38.4 Å². The molecule has 1 N–H and O–H groups in total. The van der Waals surface area contributed by atoms with Gasteiger partial charge in [-0.05, 0) is 51.7 Å². The summed E-state index contributed by atoms with van der Waals surface area (Å²) >= 11 is 0. The number of hydrogen-bond donors (Lipinski definition) is 1. The van der Waals surface area contributed by atoms with Gasteiger partial charge in [0.25, 0.3) is 0 Å². The predicted octanol–water partition coefficient (Wildman–Crippen LogP) is 2.60. The maximum absolute atomic E-state index is 12.9. The molecule has 1 aromatic heterocycles. The average Bonchev–Trinajstić information content (AvgIpc) is 2.40. The number of pyridine rings is 1. The molecule has 18 heavy (non-hydrogen) atoms. The van der Waals surface area contributed by atoms with Crippen molar-refractivity contribution in [3.63, 3.8) is 0 Å². The number of halogens is 1. The second-order valence-electron chi connectivity index (χ2n) is 4.59. The van der Waals surface area contributed by atoms with E-state index < -0.39 is 0 Å². The molecule has 0 aromatic carbocycles. The average molecular weight is 253 g/mol. The number of hydrogen-bond acceptors (Lipinski definition) is 3. The van der Waals surface area contributed by atoms with Gasteiger partial charge in [0.1, 0.15) is 5.82 Å². The molecule has 0 spiro atoms. The molecule has 0 bridgehead atoms. The van der Waals surface area contributed by atoms with E-state index in [-0.39, 0.29) is 11.9 Å². The highest BCUT2D eigenvalue weighted by Gasteiger charge is 2.12. The maximum Gasteiger partial charge on any atom is 0.141 e. The van der Waals surface area contributed by atoms with Gasteiger partial charge in [-0.2, -0.15) is 0 Å². The summed E-state index contributed by atoms with van der Waals surface area (Å²) < 4.78 is 12.9. The quantitative estimate of drug-likeness (QED) is 0.772. The minimum absolute atomic E-state index is 0.208. The fraction of sp³-hybridized carbons (Fsp3) is 0.643. The monoisotopic (exact) mass is 253 g/mol. The molecule has 1 rings (SSSR count). The highest BCUT2D eigenvalue weighted by Crippen LogP contribution is 2.15. The molecule has 0 radical (unpaired) electrons. The maximum atomic E-state index is 12.9. The van der Waals surface area contributed by atoms with Crippen LogP contribution in [0.2, 0.25) is 0 Å². The molecule has 1 aromatic rings. The van der Waals surface area contributed by atoms with Crippen molar-refractivity contribution < 1.29 is 4.39 Å². The molecule has 4 heteroatoms. The molecule has 102 valence electrons. The fourth-order valence-electron chi connectivity index (χ4n) is 1.77. The van der Waals surface area contributed by atoms with Crippen LogP contribution in [-0.2, 0) is 0 Å². The van der Waals surface area contributed by atoms with Crippen molar-refractivity contribution in [3.8, 4) is 0 Å². The minimum atomic E-state index is -0.279. The number of nitrogens with one attached hydrogen (secondary N) is 1. The molecule has 0 aliphatic heterocycles. The van der Waals surface area contributed by atoms with Crippen LogP contribution >= 0.6 is 0 Å². The molecule has 0 aliphatic carbocycles. The Labute approximate surface area is 109 Å². The summed E-state index contributed by atoms with van der Waals surface area (Å²) in [6.07, 6.45) is 3.36. The molecule has 1 atom stereocenters. The molecule has 0 aliphatic rings. The fourth-order valence-corrected chi connectivity index (χ4v) is 1.77. The van der Waals surface area contributed by atoms with E-state index in [1.807, 2.05) is 0 Å². The predicted molar refractivity (Wildman–Crippen MR) is 73.0 cm³/mol. The Morgan fingerprint density at radius 3 is 2.72 bits per heavy atom. The lowest BCUT2D eigenvalue weighted by Gasteiger charge is -2.21. The van der Waals surface area contributed by atoms with Gasteiger partial charge in [0.15, 0.2) is 0 Å². The number of nitrogens with zero attached hydrogens (tertiary/aromatic N) is 2. The SMILES string of the molecule is CCCNC(CCN(C)CC)c1ccc(F)cn1. The Morgan fingerprint density at radius 2 is 2.17 bits per heavy atom. The molecular formula is C14H24FN3.